The first-order chi connectivity index (χ1) is 16.2. The zero-order chi connectivity index (χ0) is 24.0. The van der Waals surface area contributed by atoms with E-state index in [0.717, 1.165) is 50.0 Å². The molecule has 2 fully saturated rings. The first kappa shape index (κ1) is 23.4. The molecule has 2 saturated heterocycles. The highest BCUT2D eigenvalue weighted by atomic mass is 32.2. The highest BCUT2D eigenvalue weighted by molar-refractivity contribution is 7.88. The fourth-order valence-corrected chi connectivity index (χ4v) is 6.09. The number of aromatic nitrogens is 4. The zero-order valence-electron chi connectivity index (χ0n) is 19.8. The SMILES string of the molecule is CC(C)c1nn(-c2noc(C3CCN(C[C@@H]4CCN(S(C)(=O)=O)C4)CC3)n2)c2c(F)cccc12. The van der Waals surface area contributed by atoms with Crippen LogP contribution in [0.1, 0.15) is 56.5 Å². The van der Waals surface area contributed by atoms with E-state index in [0.29, 0.717) is 30.4 Å². The van der Waals surface area contributed by atoms with Crippen molar-refractivity contribution in [3.8, 4) is 5.95 Å². The van der Waals surface area contributed by atoms with E-state index in [4.69, 9.17) is 4.52 Å². The van der Waals surface area contributed by atoms with Crippen LogP contribution in [-0.2, 0) is 10.0 Å². The lowest BCUT2D eigenvalue weighted by molar-refractivity contribution is 0.172. The molecule has 2 aliphatic heterocycles. The molecule has 0 N–H and O–H groups in total. The minimum Gasteiger partial charge on any atom is -0.337 e. The van der Waals surface area contributed by atoms with E-state index in [-0.39, 0.29) is 23.6 Å². The molecule has 0 saturated carbocycles. The van der Waals surface area contributed by atoms with Gasteiger partial charge in [-0.25, -0.2) is 17.1 Å². The molecule has 4 heterocycles. The van der Waals surface area contributed by atoms with Crippen LogP contribution in [0, 0.1) is 11.7 Å². The second kappa shape index (κ2) is 9.01. The molecule has 0 amide bonds. The normalized spacial score (nSPS) is 21.3. The summed E-state index contributed by atoms with van der Waals surface area (Å²) in [5, 5.41) is 9.50. The predicted molar refractivity (Wildman–Crippen MR) is 126 cm³/mol. The molecule has 0 bridgehead atoms. The fourth-order valence-electron chi connectivity index (χ4n) is 5.17. The molecule has 3 aromatic rings. The van der Waals surface area contributed by atoms with E-state index in [1.54, 1.807) is 10.4 Å². The topological polar surface area (TPSA) is 97.4 Å². The summed E-state index contributed by atoms with van der Waals surface area (Å²) in [5.74, 6) is 1.10. The third-order valence-electron chi connectivity index (χ3n) is 7.02. The Morgan fingerprint density at radius 3 is 2.62 bits per heavy atom. The van der Waals surface area contributed by atoms with Crippen molar-refractivity contribution in [2.24, 2.45) is 5.92 Å². The van der Waals surface area contributed by atoms with Crippen LogP contribution in [0.5, 0.6) is 0 Å². The van der Waals surface area contributed by atoms with E-state index >= 15 is 0 Å². The van der Waals surface area contributed by atoms with Gasteiger partial charge in [0.15, 0.2) is 0 Å². The van der Waals surface area contributed by atoms with Gasteiger partial charge in [0.1, 0.15) is 11.3 Å². The van der Waals surface area contributed by atoms with Crippen LogP contribution in [0.15, 0.2) is 22.7 Å². The Labute approximate surface area is 199 Å². The summed E-state index contributed by atoms with van der Waals surface area (Å²) in [6.45, 7) is 7.98. The first-order valence-electron chi connectivity index (χ1n) is 11.9. The lowest BCUT2D eigenvalue weighted by Crippen LogP contribution is -2.37. The largest absolute Gasteiger partial charge is 0.337 e. The van der Waals surface area contributed by atoms with Crippen LogP contribution in [-0.4, -0.2) is 76.5 Å². The van der Waals surface area contributed by atoms with Gasteiger partial charge in [-0.2, -0.15) is 14.8 Å². The summed E-state index contributed by atoms with van der Waals surface area (Å²) in [6, 6.07) is 4.98. The van der Waals surface area contributed by atoms with Crippen LogP contribution >= 0.6 is 0 Å². The van der Waals surface area contributed by atoms with Crippen molar-refractivity contribution in [3.05, 3.63) is 35.6 Å². The van der Waals surface area contributed by atoms with Crippen LogP contribution < -0.4 is 0 Å². The van der Waals surface area contributed by atoms with Gasteiger partial charge in [0.2, 0.25) is 15.9 Å². The van der Waals surface area contributed by atoms with Crippen molar-refractivity contribution in [1.29, 1.82) is 0 Å². The molecule has 2 aromatic heterocycles. The van der Waals surface area contributed by atoms with E-state index in [1.165, 1.54) is 17.0 Å². The van der Waals surface area contributed by atoms with Gasteiger partial charge < -0.3 is 9.42 Å². The zero-order valence-corrected chi connectivity index (χ0v) is 20.6. The smallest absolute Gasteiger partial charge is 0.291 e. The Kier molecular flexibility index (Phi) is 6.19. The number of likely N-dealkylation sites (tertiary alicyclic amines) is 1. The van der Waals surface area contributed by atoms with Gasteiger partial charge in [0.05, 0.1) is 11.9 Å². The highest BCUT2D eigenvalue weighted by Gasteiger charge is 2.32. The molecule has 0 spiro atoms. The first-order valence-corrected chi connectivity index (χ1v) is 13.7. The summed E-state index contributed by atoms with van der Waals surface area (Å²) >= 11 is 0. The van der Waals surface area contributed by atoms with Crippen molar-refractivity contribution in [3.63, 3.8) is 0 Å². The lowest BCUT2D eigenvalue weighted by Gasteiger charge is -2.32. The monoisotopic (exact) mass is 490 g/mol. The molecular weight excluding hydrogens is 459 g/mol. The average molecular weight is 491 g/mol. The third kappa shape index (κ3) is 4.48. The third-order valence-corrected chi connectivity index (χ3v) is 8.29. The maximum absolute atomic E-state index is 14.7. The van der Waals surface area contributed by atoms with Crippen molar-refractivity contribution in [1.82, 2.24) is 29.1 Å². The Balaban J connectivity index is 1.26. The predicted octanol–water partition coefficient (Wildman–Crippen LogP) is 3.13. The quantitative estimate of drug-likeness (QED) is 0.524. The van der Waals surface area contributed by atoms with Crippen LogP contribution in [0.4, 0.5) is 4.39 Å². The number of fused-ring (bicyclic) bond motifs is 1. The number of nitrogens with zero attached hydrogens (tertiary/aromatic N) is 6. The van der Waals surface area contributed by atoms with Gasteiger partial charge in [-0.05, 0) is 55.4 Å². The van der Waals surface area contributed by atoms with Gasteiger partial charge in [-0.15, -0.1) is 0 Å². The summed E-state index contributed by atoms with van der Waals surface area (Å²) in [6.07, 6.45) is 3.96. The Morgan fingerprint density at radius 1 is 1.18 bits per heavy atom. The average Bonchev–Trinajstić information content (AvgIpc) is 3.52. The maximum atomic E-state index is 14.7. The van der Waals surface area contributed by atoms with Gasteiger partial charge in [0.25, 0.3) is 5.95 Å². The van der Waals surface area contributed by atoms with Gasteiger partial charge in [-0.1, -0.05) is 26.0 Å². The Hall–Kier alpha value is -2.37. The van der Waals surface area contributed by atoms with Crippen LogP contribution in [0.3, 0.4) is 0 Å². The minimum atomic E-state index is -3.11. The number of para-hydroxylation sites is 1. The van der Waals surface area contributed by atoms with Gasteiger partial charge in [-0.3, -0.25) is 0 Å². The number of hydrogen-bond donors (Lipinski definition) is 0. The molecular formula is C23H31FN6O3S. The highest BCUT2D eigenvalue weighted by Crippen LogP contribution is 2.31. The van der Waals surface area contributed by atoms with Crippen molar-refractivity contribution < 1.29 is 17.3 Å². The lowest BCUT2D eigenvalue weighted by atomic mass is 9.95. The molecule has 0 radical (unpaired) electrons. The number of benzene rings is 1. The molecule has 34 heavy (non-hydrogen) atoms. The number of piperidine rings is 1. The Morgan fingerprint density at radius 2 is 1.94 bits per heavy atom. The fraction of sp³-hybridized carbons (Fsp3) is 0.609. The Bertz CT molecular complexity index is 1280. The second-order valence-corrected chi connectivity index (χ2v) is 11.9. The summed E-state index contributed by atoms with van der Waals surface area (Å²) in [7, 11) is -3.11. The van der Waals surface area contributed by atoms with E-state index in [2.05, 4.69) is 20.1 Å². The van der Waals surface area contributed by atoms with Gasteiger partial charge in [0, 0.05) is 30.9 Å². The minimum absolute atomic E-state index is 0.130. The van der Waals surface area contributed by atoms with E-state index < -0.39 is 10.0 Å². The molecule has 0 unspecified atom stereocenters. The molecule has 9 nitrogen and oxygen atoms in total. The number of hydrogen-bond acceptors (Lipinski definition) is 7. The molecule has 1 aromatic carbocycles. The summed E-state index contributed by atoms with van der Waals surface area (Å²) in [4.78, 5) is 7.00. The van der Waals surface area contributed by atoms with Crippen LogP contribution in [0.2, 0.25) is 0 Å². The van der Waals surface area contributed by atoms with Crippen molar-refractivity contribution in [2.75, 3.05) is 39.0 Å². The second-order valence-electron chi connectivity index (χ2n) is 9.87. The number of sulfonamides is 1. The van der Waals surface area contributed by atoms with E-state index in [1.807, 2.05) is 19.9 Å². The number of halogens is 1. The molecule has 2 aliphatic rings. The summed E-state index contributed by atoms with van der Waals surface area (Å²) < 4.78 is 46.8. The van der Waals surface area contributed by atoms with Gasteiger partial charge >= 0.3 is 0 Å². The molecule has 0 aliphatic carbocycles. The maximum Gasteiger partial charge on any atom is 0.291 e. The molecule has 1 atom stereocenters. The molecule has 11 heteroatoms. The van der Waals surface area contributed by atoms with Crippen molar-refractivity contribution >= 4 is 20.9 Å². The standard InChI is InChI=1S/C23H31FN6O3S/c1-15(2)20-18-5-4-6-19(24)21(18)30(26-20)23-25-22(33-27-23)17-8-10-28(11-9-17)13-16-7-12-29(14-16)34(3,31)32/h4-6,15-17H,7-14H2,1-3H3/t16-/m0/s1. The van der Waals surface area contributed by atoms with Crippen LogP contribution in [0.25, 0.3) is 16.9 Å². The number of rotatable bonds is 6. The molecule has 184 valence electrons. The molecule has 5 rings (SSSR count). The van der Waals surface area contributed by atoms with E-state index in [9.17, 15) is 12.8 Å². The van der Waals surface area contributed by atoms with Crippen molar-refractivity contribution in [2.45, 2.75) is 44.9 Å². The summed E-state index contributed by atoms with van der Waals surface area (Å²) in [5.41, 5.74) is 1.17.